The molecule has 1 unspecified atom stereocenters. The van der Waals surface area contributed by atoms with Gasteiger partial charge in [0.05, 0.1) is 5.92 Å². The van der Waals surface area contributed by atoms with Gasteiger partial charge >= 0.3 is 5.97 Å². The first-order chi connectivity index (χ1) is 11.9. The van der Waals surface area contributed by atoms with Crippen LogP contribution in [0.15, 0.2) is 35.7 Å². The molecule has 130 valence electrons. The maximum atomic E-state index is 11.3. The van der Waals surface area contributed by atoms with Crippen LogP contribution in [0.2, 0.25) is 10.0 Å². The predicted molar refractivity (Wildman–Crippen MR) is 103 cm³/mol. The van der Waals surface area contributed by atoms with E-state index in [1.807, 2.05) is 30.5 Å². The zero-order valence-electron chi connectivity index (χ0n) is 13.7. The molecule has 0 spiro atoms. The van der Waals surface area contributed by atoms with E-state index in [9.17, 15) is 9.90 Å². The summed E-state index contributed by atoms with van der Waals surface area (Å²) < 4.78 is 6.98. The second kappa shape index (κ2) is 7.24. The number of hydrogen-bond acceptors (Lipinski definition) is 3. The second-order valence-corrected chi connectivity index (χ2v) is 7.56. The Morgan fingerprint density at radius 3 is 2.72 bits per heavy atom. The van der Waals surface area contributed by atoms with Gasteiger partial charge in [-0.05, 0) is 54.4 Å². The third-order valence-corrected chi connectivity index (χ3v) is 5.93. The minimum atomic E-state index is -0.824. The monoisotopic (exact) mass is 394 g/mol. The number of thiophene rings is 1. The van der Waals surface area contributed by atoms with Gasteiger partial charge in [-0.3, -0.25) is 4.79 Å². The topological polar surface area (TPSA) is 46.5 Å². The maximum Gasteiger partial charge on any atom is 0.310 e. The summed E-state index contributed by atoms with van der Waals surface area (Å²) in [6, 6.07) is 9.12. The number of carboxylic acid groups (broad SMARTS) is 1. The fourth-order valence-electron chi connectivity index (χ4n) is 2.66. The maximum absolute atomic E-state index is 11.3. The van der Waals surface area contributed by atoms with Crippen molar-refractivity contribution in [2.75, 3.05) is 0 Å². The van der Waals surface area contributed by atoms with Crippen molar-refractivity contribution in [3.05, 3.63) is 62.4 Å². The molecule has 3 nitrogen and oxygen atoms in total. The summed E-state index contributed by atoms with van der Waals surface area (Å²) in [4.78, 5) is 11.3. The normalized spacial score (nSPS) is 12.3. The molecule has 0 radical (unpaired) electrons. The number of ether oxygens (including phenoxy) is 1. The summed E-state index contributed by atoms with van der Waals surface area (Å²) >= 11 is 13.6. The van der Waals surface area contributed by atoms with Crippen LogP contribution < -0.4 is 4.74 Å². The number of halogens is 2. The van der Waals surface area contributed by atoms with Crippen LogP contribution in [0.1, 0.15) is 29.5 Å². The van der Waals surface area contributed by atoms with Gasteiger partial charge in [0.2, 0.25) is 0 Å². The highest BCUT2D eigenvalue weighted by atomic mass is 35.5. The zero-order valence-corrected chi connectivity index (χ0v) is 16.0. The van der Waals surface area contributed by atoms with Gasteiger partial charge in [-0.1, -0.05) is 29.3 Å². The Morgan fingerprint density at radius 1 is 1.28 bits per heavy atom. The van der Waals surface area contributed by atoms with Gasteiger partial charge in [-0.15, -0.1) is 11.3 Å². The van der Waals surface area contributed by atoms with E-state index in [4.69, 9.17) is 27.9 Å². The molecule has 0 aliphatic rings. The molecular weight excluding hydrogens is 379 g/mol. The van der Waals surface area contributed by atoms with E-state index in [-0.39, 0.29) is 0 Å². The van der Waals surface area contributed by atoms with Crippen molar-refractivity contribution < 1.29 is 14.6 Å². The third kappa shape index (κ3) is 3.61. The molecule has 0 aliphatic carbocycles. The van der Waals surface area contributed by atoms with Crippen molar-refractivity contribution in [3.8, 4) is 5.75 Å². The van der Waals surface area contributed by atoms with Gasteiger partial charge in [0.15, 0.2) is 0 Å². The van der Waals surface area contributed by atoms with E-state index in [2.05, 4.69) is 0 Å². The summed E-state index contributed by atoms with van der Waals surface area (Å²) in [5.41, 5.74) is 2.69. The van der Waals surface area contributed by atoms with Gasteiger partial charge in [0.25, 0.3) is 0 Å². The van der Waals surface area contributed by atoms with E-state index >= 15 is 0 Å². The zero-order chi connectivity index (χ0) is 18.1. The Morgan fingerprint density at radius 2 is 2.04 bits per heavy atom. The van der Waals surface area contributed by atoms with Gasteiger partial charge < -0.3 is 9.84 Å². The summed E-state index contributed by atoms with van der Waals surface area (Å²) in [5.74, 6) is -0.599. The molecule has 0 saturated heterocycles. The lowest BCUT2D eigenvalue weighted by atomic mass is 9.99. The molecular formula is C19H16Cl2O3S. The molecule has 3 rings (SSSR count). The summed E-state index contributed by atoms with van der Waals surface area (Å²) in [7, 11) is 0. The van der Waals surface area contributed by atoms with Crippen LogP contribution >= 0.6 is 34.5 Å². The average molecular weight is 395 g/mol. The number of benzene rings is 2. The van der Waals surface area contributed by atoms with E-state index in [1.54, 1.807) is 30.4 Å². The summed E-state index contributed by atoms with van der Waals surface area (Å²) in [6.45, 7) is 4.02. The van der Waals surface area contributed by atoms with E-state index in [1.165, 1.54) is 0 Å². The molecule has 1 atom stereocenters. The van der Waals surface area contributed by atoms with Gasteiger partial charge in [0, 0.05) is 25.9 Å². The van der Waals surface area contributed by atoms with Crippen LogP contribution in [0.4, 0.5) is 0 Å². The number of aryl methyl sites for hydroxylation is 1. The predicted octanol–water partition coefficient (Wildman–Crippen LogP) is 6.28. The van der Waals surface area contributed by atoms with Crippen LogP contribution in [-0.2, 0) is 11.4 Å². The molecule has 1 heterocycles. The molecule has 0 fully saturated rings. The van der Waals surface area contributed by atoms with Crippen molar-refractivity contribution in [1.29, 1.82) is 0 Å². The van der Waals surface area contributed by atoms with E-state index < -0.39 is 11.9 Å². The quantitative estimate of drug-likeness (QED) is 0.553. The lowest BCUT2D eigenvalue weighted by Crippen LogP contribution is -2.06. The van der Waals surface area contributed by atoms with Crippen molar-refractivity contribution in [3.63, 3.8) is 0 Å². The first kappa shape index (κ1) is 18.1. The Balaban J connectivity index is 1.88. The van der Waals surface area contributed by atoms with Crippen LogP contribution in [0.3, 0.4) is 0 Å². The number of rotatable bonds is 5. The fraction of sp³-hybridized carbons (Fsp3) is 0.211. The van der Waals surface area contributed by atoms with E-state index in [0.717, 1.165) is 32.5 Å². The van der Waals surface area contributed by atoms with Crippen LogP contribution in [-0.4, -0.2) is 11.1 Å². The minimum absolute atomic E-state index is 0.339. The molecule has 1 N–H and O–H groups in total. The fourth-order valence-corrected chi connectivity index (χ4v) is 4.29. The van der Waals surface area contributed by atoms with Gasteiger partial charge in [-0.2, -0.15) is 0 Å². The molecule has 0 aliphatic heterocycles. The van der Waals surface area contributed by atoms with Crippen LogP contribution in [0, 0.1) is 6.92 Å². The largest absolute Gasteiger partial charge is 0.489 e. The third-order valence-electron chi connectivity index (χ3n) is 4.21. The highest BCUT2D eigenvalue weighted by molar-refractivity contribution is 7.17. The molecule has 1 aromatic heterocycles. The van der Waals surface area contributed by atoms with Crippen molar-refractivity contribution in [2.45, 2.75) is 26.4 Å². The minimum Gasteiger partial charge on any atom is -0.489 e. The van der Waals surface area contributed by atoms with Crippen molar-refractivity contribution in [2.24, 2.45) is 0 Å². The SMILES string of the molecule is Cc1c(OCc2ccc(Cl)cc2Cl)ccc2c(C(C)C(=O)O)csc12. The average Bonchev–Trinajstić information content (AvgIpc) is 2.99. The molecule has 0 bridgehead atoms. The van der Waals surface area contributed by atoms with Crippen LogP contribution in [0.25, 0.3) is 10.1 Å². The first-order valence-corrected chi connectivity index (χ1v) is 9.32. The number of carbonyl (C=O) groups is 1. The standard InChI is InChI=1S/C19H16Cl2O3S/c1-10(19(22)23)15-9-25-18-11(2)17(6-5-14(15)18)24-8-12-3-4-13(20)7-16(12)21/h3-7,9-10H,8H2,1-2H3,(H,22,23). The Labute approximate surface area is 159 Å². The number of fused-ring (bicyclic) bond motifs is 1. The molecule has 0 amide bonds. The van der Waals surface area contributed by atoms with Crippen molar-refractivity contribution in [1.82, 2.24) is 0 Å². The lowest BCUT2D eigenvalue weighted by Gasteiger charge is -2.12. The summed E-state index contributed by atoms with van der Waals surface area (Å²) in [5, 5.41) is 13.3. The van der Waals surface area contributed by atoms with E-state index in [0.29, 0.717) is 16.7 Å². The lowest BCUT2D eigenvalue weighted by molar-refractivity contribution is -0.138. The number of hydrogen-bond donors (Lipinski definition) is 1. The Hall–Kier alpha value is -1.75. The highest BCUT2D eigenvalue weighted by Crippen LogP contribution is 2.37. The molecule has 0 saturated carbocycles. The smallest absolute Gasteiger partial charge is 0.310 e. The highest BCUT2D eigenvalue weighted by Gasteiger charge is 2.19. The number of carboxylic acids is 1. The van der Waals surface area contributed by atoms with Crippen LogP contribution in [0.5, 0.6) is 5.75 Å². The Bertz CT molecular complexity index is 949. The first-order valence-electron chi connectivity index (χ1n) is 7.68. The summed E-state index contributed by atoms with van der Waals surface area (Å²) in [6.07, 6.45) is 0. The van der Waals surface area contributed by atoms with Gasteiger partial charge in [-0.25, -0.2) is 0 Å². The van der Waals surface area contributed by atoms with Gasteiger partial charge in [0.1, 0.15) is 12.4 Å². The Kier molecular flexibility index (Phi) is 5.23. The molecule has 6 heteroatoms. The molecule has 25 heavy (non-hydrogen) atoms. The second-order valence-electron chi connectivity index (χ2n) is 5.84. The number of aliphatic carboxylic acids is 1. The van der Waals surface area contributed by atoms with Crippen molar-refractivity contribution >= 4 is 50.6 Å². The molecule has 3 aromatic rings. The molecule has 2 aromatic carbocycles.